The lowest BCUT2D eigenvalue weighted by molar-refractivity contribution is -0.124. The molecule has 22 heavy (non-hydrogen) atoms. The fourth-order valence-electron chi connectivity index (χ4n) is 1.91. The molecule has 0 aliphatic rings. The van der Waals surface area contributed by atoms with E-state index in [1.807, 2.05) is 42.5 Å². The number of amides is 2. The van der Waals surface area contributed by atoms with Crippen molar-refractivity contribution >= 4 is 33.4 Å². The molecule has 4 nitrogen and oxygen atoms in total. The van der Waals surface area contributed by atoms with E-state index in [-0.39, 0.29) is 18.4 Å². The summed E-state index contributed by atoms with van der Waals surface area (Å²) in [6.07, 6.45) is 1.04. The van der Waals surface area contributed by atoms with Crippen molar-refractivity contribution in [2.24, 2.45) is 0 Å². The van der Waals surface area contributed by atoms with Gasteiger partial charge in [-0.1, -0.05) is 46.3 Å². The van der Waals surface area contributed by atoms with Crippen LogP contribution in [-0.4, -0.2) is 18.4 Å². The molecular formula is C17H17BrN2O2. The second kappa shape index (κ2) is 8.34. The number of hydrogen-bond donors (Lipinski definition) is 2. The molecule has 0 fully saturated rings. The summed E-state index contributed by atoms with van der Waals surface area (Å²) in [4.78, 5) is 23.5. The Bertz CT molecular complexity index is 627. The van der Waals surface area contributed by atoms with Crippen molar-refractivity contribution in [3.63, 3.8) is 0 Å². The third-order valence-electron chi connectivity index (χ3n) is 3.06. The first-order valence-electron chi connectivity index (χ1n) is 6.99. The molecule has 0 saturated heterocycles. The van der Waals surface area contributed by atoms with Gasteiger partial charge in [0.05, 0.1) is 6.54 Å². The zero-order valence-electron chi connectivity index (χ0n) is 12.0. The van der Waals surface area contributed by atoms with Crippen LogP contribution < -0.4 is 10.6 Å². The number of aryl methyl sites for hydroxylation is 1. The van der Waals surface area contributed by atoms with Gasteiger partial charge in [-0.25, -0.2) is 0 Å². The van der Waals surface area contributed by atoms with Gasteiger partial charge in [0.25, 0.3) is 0 Å². The highest BCUT2D eigenvalue weighted by Crippen LogP contribution is 2.13. The summed E-state index contributed by atoms with van der Waals surface area (Å²) < 4.78 is 0.944. The van der Waals surface area contributed by atoms with Crippen LogP contribution in [0, 0.1) is 0 Å². The SMILES string of the molecule is O=C(CCc1ccccc1)NCC(=O)Nc1ccc(Br)cc1. The third kappa shape index (κ3) is 5.69. The van der Waals surface area contributed by atoms with Crippen molar-refractivity contribution in [1.82, 2.24) is 5.32 Å². The smallest absolute Gasteiger partial charge is 0.243 e. The molecule has 2 rings (SSSR count). The zero-order chi connectivity index (χ0) is 15.8. The first kappa shape index (κ1) is 16.2. The highest BCUT2D eigenvalue weighted by Gasteiger charge is 2.06. The Labute approximate surface area is 138 Å². The number of nitrogens with one attached hydrogen (secondary N) is 2. The first-order chi connectivity index (χ1) is 10.6. The quantitative estimate of drug-likeness (QED) is 0.831. The van der Waals surface area contributed by atoms with E-state index in [2.05, 4.69) is 26.6 Å². The first-order valence-corrected chi connectivity index (χ1v) is 7.79. The average Bonchev–Trinajstić information content (AvgIpc) is 2.54. The Morgan fingerprint density at radius 1 is 0.909 bits per heavy atom. The van der Waals surface area contributed by atoms with Gasteiger partial charge in [0.15, 0.2) is 0 Å². The van der Waals surface area contributed by atoms with Gasteiger partial charge in [-0.15, -0.1) is 0 Å². The normalized spacial score (nSPS) is 10.0. The van der Waals surface area contributed by atoms with Gasteiger partial charge in [0.2, 0.25) is 11.8 Å². The zero-order valence-corrected chi connectivity index (χ0v) is 13.6. The summed E-state index contributed by atoms with van der Waals surface area (Å²) in [6.45, 7) is -0.0241. The Balaban J connectivity index is 1.69. The Morgan fingerprint density at radius 2 is 1.59 bits per heavy atom. The topological polar surface area (TPSA) is 58.2 Å². The summed E-state index contributed by atoms with van der Waals surface area (Å²) in [5.41, 5.74) is 1.81. The molecule has 2 N–H and O–H groups in total. The van der Waals surface area contributed by atoms with E-state index >= 15 is 0 Å². The summed E-state index contributed by atoms with van der Waals surface area (Å²) in [7, 11) is 0. The number of anilines is 1. The van der Waals surface area contributed by atoms with Crippen molar-refractivity contribution in [3.8, 4) is 0 Å². The predicted molar refractivity (Wildman–Crippen MR) is 90.5 cm³/mol. The van der Waals surface area contributed by atoms with Crippen LogP contribution in [0.25, 0.3) is 0 Å². The molecule has 2 aromatic carbocycles. The van der Waals surface area contributed by atoms with E-state index in [4.69, 9.17) is 0 Å². The monoisotopic (exact) mass is 360 g/mol. The summed E-state index contributed by atoms with van der Waals surface area (Å²) >= 11 is 3.33. The fourth-order valence-corrected chi connectivity index (χ4v) is 2.17. The van der Waals surface area contributed by atoms with Gasteiger partial charge in [-0.3, -0.25) is 9.59 Å². The molecule has 0 atom stereocenters. The summed E-state index contributed by atoms with van der Waals surface area (Å²) in [5.74, 6) is -0.370. The molecule has 114 valence electrons. The standard InChI is InChI=1S/C17H17BrN2O2/c18-14-7-9-15(10-8-14)20-17(22)12-19-16(21)11-6-13-4-2-1-3-5-13/h1-5,7-10H,6,11-12H2,(H,19,21)(H,20,22). The minimum atomic E-state index is -0.240. The lowest BCUT2D eigenvalue weighted by atomic mass is 10.1. The maximum Gasteiger partial charge on any atom is 0.243 e. The molecule has 0 spiro atoms. The fraction of sp³-hybridized carbons (Fsp3) is 0.176. The summed E-state index contributed by atoms with van der Waals surface area (Å²) in [5, 5.41) is 5.35. The molecule has 2 aromatic rings. The molecule has 5 heteroatoms. The second-order valence-electron chi connectivity index (χ2n) is 4.82. The third-order valence-corrected chi connectivity index (χ3v) is 3.59. The maximum atomic E-state index is 11.7. The van der Waals surface area contributed by atoms with Gasteiger partial charge in [0.1, 0.15) is 0 Å². The van der Waals surface area contributed by atoms with E-state index < -0.39 is 0 Å². The number of rotatable bonds is 6. The molecule has 0 saturated carbocycles. The van der Waals surface area contributed by atoms with Crippen LogP contribution in [-0.2, 0) is 16.0 Å². The molecule has 0 heterocycles. The lowest BCUT2D eigenvalue weighted by Gasteiger charge is -2.07. The van der Waals surface area contributed by atoms with E-state index in [0.717, 1.165) is 10.0 Å². The van der Waals surface area contributed by atoms with Crippen molar-refractivity contribution in [2.45, 2.75) is 12.8 Å². The second-order valence-corrected chi connectivity index (χ2v) is 5.73. The minimum absolute atomic E-state index is 0.0241. The van der Waals surface area contributed by atoms with E-state index in [1.165, 1.54) is 0 Å². The molecule has 2 amide bonds. The van der Waals surface area contributed by atoms with Crippen molar-refractivity contribution in [2.75, 3.05) is 11.9 Å². The highest BCUT2D eigenvalue weighted by atomic mass is 79.9. The minimum Gasteiger partial charge on any atom is -0.347 e. The van der Waals surface area contributed by atoms with Crippen LogP contribution in [0.2, 0.25) is 0 Å². The number of halogens is 1. The lowest BCUT2D eigenvalue weighted by Crippen LogP contribution is -2.32. The number of carbonyl (C=O) groups is 2. The van der Waals surface area contributed by atoms with E-state index in [0.29, 0.717) is 18.5 Å². The molecule has 0 aromatic heterocycles. The van der Waals surface area contributed by atoms with Gasteiger partial charge >= 0.3 is 0 Å². The summed E-state index contributed by atoms with van der Waals surface area (Å²) in [6, 6.07) is 17.1. The Hall–Kier alpha value is -2.14. The molecule has 0 bridgehead atoms. The Kier molecular flexibility index (Phi) is 6.15. The molecule has 0 aliphatic heterocycles. The Morgan fingerprint density at radius 3 is 2.27 bits per heavy atom. The van der Waals surface area contributed by atoms with E-state index in [1.54, 1.807) is 12.1 Å². The van der Waals surface area contributed by atoms with Crippen LogP contribution in [0.1, 0.15) is 12.0 Å². The van der Waals surface area contributed by atoms with Crippen LogP contribution >= 0.6 is 15.9 Å². The molecule has 0 radical (unpaired) electrons. The van der Waals surface area contributed by atoms with Crippen LogP contribution in [0.3, 0.4) is 0 Å². The number of carbonyl (C=O) groups excluding carboxylic acids is 2. The van der Waals surface area contributed by atoms with Gasteiger partial charge < -0.3 is 10.6 Å². The van der Waals surface area contributed by atoms with Gasteiger partial charge in [-0.2, -0.15) is 0 Å². The molecule has 0 aliphatic carbocycles. The van der Waals surface area contributed by atoms with Crippen molar-refractivity contribution in [1.29, 1.82) is 0 Å². The van der Waals surface area contributed by atoms with Gasteiger partial charge in [0, 0.05) is 16.6 Å². The highest BCUT2D eigenvalue weighted by molar-refractivity contribution is 9.10. The van der Waals surface area contributed by atoms with Gasteiger partial charge in [-0.05, 0) is 36.2 Å². The maximum absolute atomic E-state index is 11.7. The predicted octanol–water partition coefficient (Wildman–Crippen LogP) is 3.14. The van der Waals surface area contributed by atoms with Crippen LogP contribution in [0.15, 0.2) is 59.1 Å². The van der Waals surface area contributed by atoms with Crippen molar-refractivity contribution in [3.05, 3.63) is 64.6 Å². The number of hydrogen-bond acceptors (Lipinski definition) is 2. The molecular weight excluding hydrogens is 344 g/mol. The average molecular weight is 361 g/mol. The largest absolute Gasteiger partial charge is 0.347 e. The van der Waals surface area contributed by atoms with Crippen molar-refractivity contribution < 1.29 is 9.59 Å². The van der Waals surface area contributed by atoms with E-state index in [9.17, 15) is 9.59 Å². The number of benzene rings is 2. The molecule has 0 unspecified atom stereocenters. The van der Waals surface area contributed by atoms with Crippen LogP contribution in [0.5, 0.6) is 0 Å². The van der Waals surface area contributed by atoms with Crippen LogP contribution in [0.4, 0.5) is 5.69 Å².